The van der Waals surface area contributed by atoms with Crippen molar-refractivity contribution in [2.24, 2.45) is 11.7 Å². The number of rotatable bonds is 8. The molecular weight excluding hydrogens is 499 g/mol. The van der Waals surface area contributed by atoms with E-state index in [2.05, 4.69) is 10.6 Å². The van der Waals surface area contributed by atoms with Gasteiger partial charge in [-0.1, -0.05) is 48.0 Å². The second-order valence-electron chi connectivity index (χ2n) is 9.32. The average Bonchev–Trinajstić information content (AvgIpc) is 3.50. The van der Waals surface area contributed by atoms with Gasteiger partial charge in [0.15, 0.2) is 0 Å². The van der Waals surface area contributed by atoms with Gasteiger partial charge in [0.1, 0.15) is 17.9 Å². The van der Waals surface area contributed by atoms with Crippen LogP contribution in [0.5, 0.6) is 0 Å². The van der Waals surface area contributed by atoms with E-state index in [9.17, 15) is 23.6 Å². The van der Waals surface area contributed by atoms with Crippen molar-refractivity contribution in [1.82, 2.24) is 15.5 Å². The fourth-order valence-corrected chi connectivity index (χ4v) is 5.02. The molecule has 4 amide bonds. The van der Waals surface area contributed by atoms with Crippen LogP contribution in [0.4, 0.5) is 4.39 Å². The SMILES string of the molecule is NC(=O)[C@H](C[C@@H]1CCNC1=O)NC(=O)[C@@H]1C[C@@H](c2ccccc2)CN1C(=O)/C=C/c1ccc(Cl)cc1F. The van der Waals surface area contributed by atoms with E-state index in [0.717, 1.165) is 11.6 Å². The summed E-state index contributed by atoms with van der Waals surface area (Å²) in [6.45, 7) is 0.772. The highest BCUT2D eigenvalue weighted by Crippen LogP contribution is 2.32. The van der Waals surface area contributed by atoms with Crippen LogP contribution in [-0.2, 0) is 19.2 Å². The van der Waals surface area contributed by atoms with Crippen molar-refractivity contribution in [1.29, 1.82) is 0 Å². The smallest absolute Gasteiger partial charge is 0.247 e. The molecule has 0 aromatic heterocycles. The van der Waals surface area contributed by atoms with E-state index in [1.54, 1.807) is 0 Å². The van der Waals surface area contributed by atoms with Crippen molar-refractivity contribution >= 4 is 41.3 Å². The Bertz CT molecular complexity index is 1220. The Kier molecular flexibility index (Phi) is 8.23. The number of hydrogen-bond acceptors (Lipinski definition) is 4. The van der Waals surface area contributed by atoms with Crippen LogP contribution in [0.2, 0.25) is 5.02 Å². The lowest BCUT2D eigenvalue weighted by atomic mass is 9.95. The Labute approximate surface area is 219 Å². The molecule has 4 atom stereocenters. The van der Waals surface area contributed by atoms with Crippen molar-refractivity contribution in [2.75, 3.05) is 13.1 Å². The second-order valence-corrected chi connectivity index (χ2v) is 9.76. The molecule has 2 aliphatic rings. The molecule has 2 saturated heterocycles. The number of hydrogen-bond donors (Lipinski definition) is 3. The molecule has 8 nitrogen and oxygen atoms in total. The fourth-order valence-electron chi connectivity index (χ4n) is 4.86. The lowest BCUT2D eigenvalue weighted by Gasteiger charge is -2.25. The van der Waals surface area contributed by atoms with Gasteiger partial charge < -0.3 is 21.3 Å². The van der Waals surface area contributed by atoms with Gasteiger partial charge in [-0.2, -0.15) is 0 Å². The molecule has 0 aliphatic carbocycles. The van der Waals surface area contributed by atoms with Crippen molar-refractivity contribution < 1.29 is 23.6 Å². The number of nitrogens with one attached hydrogen (secondary N) is 2. The number of carbonyl (C=O) groups excluding carboxylic acids is 4. The van der Waals surface area contributed by atoms with Crippen LogP contribution >= 0.6 is 11.6 Å². The quantitative estimate of drug-likeness (QED) is 0.457. The highest BCUT2D eigenvalue weighted by Gasteiger charge is 2.41. The molecule has 194 valence electrons. The van der Waals surface area contributed by atoms with E-state index < -0.39 is 41.5 Å². The van der Waals surface area contributed by atoms with Crippen molar-refractivity contribution in [3.05, 3.63) is 76.6 Å². The summed E-state index contributed by atoms with van der Waals surface area (Å²) in [7, 11) is 0. The highest BCUT2D eigenvalue weighted by molar-refractivity contribution is 6.30. The summed E-state index contributed by atoms with van der Waals surface area (Å²) in [4.78, 5) is 52.0. The maximum absolute atomic E-state index is 14.2. The standard InChI is InChI=1S/C27H28ClFN4O4/c28-20-8-6-17(21(29)14-20)7-9-24(34)33-15-19(16-4-2-1-3-5-16)13-23(33)27(37)32-22(25(30)35)12-18-10-11-31-26(18)36/h1-9,14,18-19,22-23H,10-13,15H2,(H2,30,35)(H,31,36)(H,32,37)/b9-7+/t18-,19+,22-,23-/m0/s1. The third-order valence-corrected chi connectivity index (χ3v) is 7.10. The van der Waals surface area contributed by atoms with E-state index in [4.69, 9.17) is 17.3 Å². The molecule has 0 saturated carbocycles. The molecule has 2 aromatic rings. The van der Waals surface area contributed by atoms with Crippen LogP contribution in [0.25, 0.3) is 6.08 Å². The number of nitrogens with zero attached hydrogens (tertiary/aromatic N) is 1. The molecule has 10 heteroatoms. The van der Waals surface area contributed by atoms with E-state index in [0.29, 0.717) is 19.4 Å². The fraction of sp³-hybridized carbons (Fsp3) is 0.333. The normalized spacial score (nSPS) is 22.2. The van der Waals surface area contributed by atoms with Crippen molar-refractivity contribution in [3.8, 4) is 0 Å². The van der Waals surface area contributed by atoms with Crippen LogP contribution in [0, 0.1) is 11.7 Å². The monoisotopic (exact) mass is 526 g/mol. The second kappa shape index (κ2) is 11.6. The first-order valence-electron chi connectivity index (χ1n) is 12.1. The number of primary amides is 1. The van der Waals surface area contributed by atoms with Crippen LogP contribution in [0.15, 0.2) is 54.6 Å². The largest absolute Gasteiger partial charge is 0.368 e. The van der Waals surface area contributed by atoms with E-state index in [1.165, 1.54) is 29.2 Å². The number of likely N-dealkylation sites (tertiary alicyclic amines) is 1. The predicted molar refractivity (Wildman–Crippen MR) is 137 cm³/mol. The van der Waals surface area contributed by atoms with Gasteiger partial charge in [0.25, 0.3) is 0 Å². The number of amides is 4. The minimum atomic E-state index is -1.05. The molecule has 2 aromatic carbocycles. The summed E-state index contributed by atoms with van der Waals surface area (Å²) in [5.41, 5.74) is 6.69. The topological polar surface area (TPSA) is 122 Å². The number of benzene rings is 2. The van der Waals surface area contributed by atoms with E-state index in [-0.39, 0.29) is 35.4 Å². The zero-order chi connectivity index (χ0) is 26.5. The zero-order valence-corrected chi connectivity index (χ0v) is 20.8. The molecule has 0 bridgehead atoms. The molecule has 0 radical (unpaired) electrons. The average molecular weight is 527 g/mol. The zero-order valence-electron chi connectivity index (χ0n) is 20.0. The maximum Gasteiger partial charge on any atom is 0.247 e. The van der Waals surface area contributed by atoms with E-state index in [1.807, 2.05) is 30.3 Å². The van der Waals surface area contributed by atoms with Crippen LogP contribution in [-0.4, -0.2) is 53.7 Å². The van der Waals surface area contributed by atoms with Crippen LogP contribution in [0.3, 0.4) is 0 Å². The van der Waals surface area contributed by atoms with Crippen molar-refractivity contribution in [3.63, 3.8) is 0 Å². The predicted octanol–water partition coefficient (Wildman–Crippen LogP) is 2.37. The first-order chi connectivity index (χ1) is 17.7. The first kappa shape index (κ1) is 26.3. The Morgan fingerprint density at radius 1 is 1.22 bits per heavy atom. The summed E-state index contributed by atoms with van der Waals surface area (Å²) in [6, 6.07) is 11.7. The summed E-state index contributed by atoms with van der Waals surface area (Å²) in [5, 5.41) is 5.61. The van der Waals surface area contributed by atoms with Crippen molar-refractivity contribution in [2.45, 2.75) is 37.3 Å². The Morgan fingerprint density at radius 3 is 2.62 bits per heavy atom. The van der Waals surface area contributed by atoms with Crippen LogP contribution in [0.1, 0.15) is 36.3 Å². The van der Waals surface area contributed by atoms with E-state index >= 15 is 0 Å². The Morgan fingerprint density at radius 2 is 1.97 bits per heavy atom. The summed E-state index contributed by atoms with van der Waals surface area (Å²) >= 11 is 5.80. The molecule has 0 unspecified atom stereocenters. The third-order valence-electron chi connectivity index (χ3n) is 6.87. The molecule has 2 heterocycles. The summed E-state index contributed by atoms with van der Waals surface area (Å²) in [5.74, 6) is -3.04. The molecule has 0 spiro atoms. The van der Waals surface area contributed by atoms with Gasteiger partial charge in [0.05, 0.1) is 0 Å². The third kappa shape index (κ3) is 6.35. The van der Waals surface area contributed by atoms with Crippen LogP contribution < -0.4 is 16.4 Å². The lowest BCUT2D eigenvalue weighted by Crippen LogP contribution is -2.52. The Hall–Kier alpha value is -3.72. The van der Waals surface area contributed by atoms with Gasteiger partial charge in [-0.25, -0.2) is 4.39 Å². The molecule has 4 N–H and O–H groups in total. The number of carbonyl (C=O) groups is 4. The minimum absolute atomic E-state index is 0.0887. The Balaban J connectivity index is 1.53. The maximum atomic E-state index is 14.2. The van der Waals surface area contributed by atoms with Gasteiger partial charge in [-0.05, 0) is 43.0 Å². The summed E-state index contributed by atoms with van der Waals surface area (Å²) in [6.07, 6.45) is 3.53. The summed E-state index contributed by atoms with van der Waals surface area (Å²) < 4.78 is 14.2. The van der Waals surface area contributed by atoms with Gasteiger partial charge >= 0.3 is 0 Å². The van der Waals surface area contributed by atoms with Gasteiger partial charge in [-0.3, -0.25) is 19.2 Å². The molecule has 4 rings (SSSR count). The van der Waals surface area contributed by atoms with Gasteiger partial charge in [-0.15, -0.1) is 0 Å². The molecular formula is C27H28ClFN4O4. The molecule has 2 fully saturated rings. The first-order valence-corrected chi connectivity index (χ1v) is 12.5. The lowest BCUT2D eigenvalue weighted by molar-refractivity contribution is -0.136. The van der Waals surface area contributed by atoms with Gasteiger partial charge in [0.2, 0.25) is 23.6 Å². The number of halogens is 2. The molecule has 2 aliphatic heterocycles. The number of nitrogens with two attached hydrogens (primary N) is 1. The highest BCUT2D eigenvalue weighted by atomic mass is 35.5. The minimum Gasteiger partial charge on any atom is -0.368 e. The van der Waals surface area contributed by atoms with Gasteiger partial charge in [0, 0.05) is 41.6 Å². The molecule has 37 heavy (non-hydrogen) atoms.